The fraction of sp³-hybridized carbons (Fsp3) is 0.240. The van der Waals surface area contributed by atoms with Gasteiger partial charge in [-0.1, -0.05) is 42.1 Å². The number of carbonyl (C=O) groups excluding carboxylic acids is 4. The van der Waals surface area contributed by atoms with Crippen molar-refractivity contribution in [2.45, 2.75) is 12.8 Å². The number of nitrogens with one attached hydrogen (secondary N) is 2. The van der Waals surface area contributed by atoms with Crippen LogP contribution in [0.3, 0.4) is 0 Å². The van der Waals surface area contributed by atoms with E-state index < -0.39 is 29.6 Å². The summed E-state index contributed by atoms with van der Waals surface area (Å²) in [5, 5.41) is 15.4. The number of para-hydroxylation sites is 1. The van der Waals surface area contributed by atoms with Gasteiger partial charge in [-0.15, -0.1) is 0 Å². The number of nitriles is 1. The number of Topliss-reactive ketones (excluding diaryl/α,β-unsaturated/α-hetero) is 1. The molecule has 0 fully saturated rings. The Labute approximate surface area is 206 Å². The van der Waals surface area contributed by atoms with Gasteiger partial charge in [0.1, 0.15) is 11.7 Å². The molecular weight excluding hydrogens is 470 g/mol. The number of anilines is 1. The van der Waals surface area contributed by atoms with Gasteiger partial charge in [0.05, 0.1) is 36.6 Å². The molecule has 2 aromatic carbocycles. The number of ether oxygens (including phenoxy) is 2. The summed E-state index contributed by atoms with van der Waals surface area (Å²) in [5.41, 5.74) is 1.49. The first-order valence-corrected chi connectivity index (χ1v) is 11.5. The fourth-order valence-corrected chi connectivity index (χ4v) is 4.58. The second kappa shape index (κ2) is 11.4. The molecule has 1 aliphatic heterocycles. The Hall–Kier alpha value is -4.10. The molecule has 0 spiro atoms. The molecule has 3 rings (SSSR count). The van der Waals surface area contributed by atoms with E-state index in [1.165, 1.54) is 21.1 Å². The van der Waals surface area contributed by atoms with Crippen molar-refractivity contribution < 1.29 is 28.7 Å². The van der Waals surface area contributed by atoms with Gasteiger partial charge in [-0.3, -0.25) is 19.2 Å². The number of thioether (sulfide) groups is 1. The average molecular weight is 494 g/mol. The van der Waals surface area contributed by atoms with Crippen molar-refractivity contribution in [3.63, 3.8) is 0 Å². The predicted molar refractivity (Wildman–Crippen MR) is 130 cm³/mol. The molecule has 0 unspecified atom stereocenters. The zero-order chi connectivity index (χ0) is 25.5. The van der Waals surface area contributed by atoms with Crippen LogP contribution >= 0.6 is 11.8 Å². The zero-order valence-electron chi connectivity index (χ0n) is 19.3. The summed E-state index contributed by atoms with van der Waals surface area (Å²) >= 11 is 0.958. The van der Waals surface area contributed by atoms with Crippen molar-refractivity contribution in [2.75, 3.05) is 25.3 Å². The van der Waals surface area contributed by atoms with Gasteiger partial charge < -0.3 is 20.1 Å². The molecule has 9 nitrogen and oxygen atoms in total. The van der Waals surface area contributed by atoms with Crippen LogP contribution in [-0.4, -0.2) is 43.5 Å². The van der Waals surface area contributed by atoms with Gasteiger partial charge in [0, 0.05) is 22.7 Å². The minimum absolute atomic E-state index is 0.112. The quantitative estimate of drug-likeness (QED) is 0.326. The molecule has 0 saturated carbocycles. The monoisotopic (exact) mass is 493 g/mol. The van der Waals surface area contributed by atoms with Crippen molar-refractivity contribution in [2.24, 2.45) is 5.92 Å². The number of ketones is 1. The van der Waals surface area contributed by atoms with Gasteiger partial charge in [-0.2, -0.15) is 5.26 Å². The summed E-state index contributed by atoms with van der Waals surface area (Å²) in [4.78, 5) is 49.6. The van der Waals surface area contributed by atoms with E-state index in [4.69, 9.17) is 9.47 Å². The highest BCUT2D eigenvalue weighted by molar-refractivity contribution is 8.03. The molecule has 35 heavy (non-hydrogen) atoms. The Morgan fingerprint density at radius 1 is 1.14 bits per heavy atom. The largest absolute Gasteiger partial charge is 0.496 e. The summed E-state index contributed by atoms with van der Waals surface area (Å²) < 4.78 is 10.2. The van der Waals surface area contributed by atoms with Crippen LogP contribution in [0.2, 0.25) is 0 Å². The first-order valence-electron chi connectivity index (χ1n) is 10.5. The van der Waals surface area contributed by atoms with Crippen LogP contribution in [0.15, 0.2) is 59.1 Å². The van der Waals surface area contributed by atoms with E-state index in [1.807, 2.05) is 0 Å². The van der Waals surface area contributed by atoms with Crippen LogP contribution in [-0.2, 0) is 19.1 Å². The Bertz CT molecular complexity index is 1250. The van der Waals surface area contributed by atoms with Crippen LogP contribution in [0.4, 0.5) is 5.69 Å². The van der Waals surface area contributed by atoms with Gasteiger partial charge in [0.2, 0.25) is 11.8 Å². The van der Waals surface area contributed by atoms with Crippen molar-refractivity contribution in [1.29, 1.82) is 5.26 Å². The fourth-order valence-electron chi connectivity index (χ4n) is 3.73. The highest BCUT2D eigenvalue weighted by Gasteiger charge is 2.45. The normalized spacial score (nSPS) is 17.1. The molecule has 0 aliphatic carbocycles. The van der Waals surface area contributed by atoms with Crippen LogP contribution in [0.5, 0.6) is 5.75 Å². The lowest BCUT2D eigenvalue weighted by Gasteiger charge is -2.31. The molecular formula is C25H23N3O6S. The Morgan fingerprint density at radius 2 is 1.89 bits per heavy atom. The molecule has 180 valence electrons. The standard InChI is InChI=1S/C25H23N3O6S/c1-14(29)15-7-6-8-16(11-15)27-20(30)13-35-24-18(12-26)21(17-9-4-5-10-19(17)33-2)22(23(31)28-24)25(32)34-3/h4-11,21-22H,13H2,1-3H3,(H,27,30)(H,28,31)/t21-,22-/m0/s1. The number of hydrogen-bond acceptors (Lipinski definition) is 8. The second-order valence-electron chi connectivity index (χ2n) is 7.54. The number of esters is 1. The summed E-state index contributed by atoms with van der Waals surface area (Å²) in [6.45, 7) is 1.43. The molecule has 10 heteroatoms. The molecule has 2 atom stereocenters. The Kier molecular flexibility index (Phi) is 8.28. The third kappa shape index (κ3) is 5.70. The number of methoxy groups -OCH3 is 2. The number of amides is 2. The molecule has 2 N–H and O–H groups in total. The number of nitrogens with zero attached hydrogens (tertiary/aromatic N) is 1. The summed E-state index contributed by atoms with van der Waals surface area (Å²) in [6, 6.07) is 15.4. The highest BCUT2D eigenvalue weighted by atomic mass is 32.2. The summed E-state index contributed by atoms with van der Waals surface area (Å²) in [6.07, 6.45) is 0. The zero-order valence-corrected chi connectivity index (χ0v) is 20.1. The van der Waals surface area contributed by atoms with Gasteiger partial charge in [0.25, 0.3) is 0 Å². The second-order valence-corrected chi connectivity index (χ2v) is 8.52. The maximum Gasteiger partial charge on any atom is 0.319 e. The molecule has 0 aromatic heterocycles. The van der Waals surface area contributed by atoms with E-state index in [9.17, 15) is 24.4 Å². The number of allylic oxidation sites excluding steroid dienone is 1. The van der Waals surface area contributed by atoms with E-state index in [0.29, 0.717) is 22.6 Å². The molecule has 2 aromatic rings. The van der Waals surface area contributed by atoms with Crippen molar-refractivity contribution in [1.82, 2.24) is 5.32 Å². The van der Waals surface area contributed by atoms with E-state index in [2.05, 4.69) is 16.7 Å². The molecule has 0 radical (unpaired) electrons. The van der Waals surface area contributed by atoms with E-state index in [1.54, 1.807) is 48.5 Å². The third-order valence-corrected chi connectivity index (χ3v) is 6.38. The van der Waals surface area contributed by atoms with Gasteiger partial charge in [-0.05, 0) is 25.1 Å². The Morgan fingerprint density at radius 3 is 2.54 bits per heavy atom. The topological polar surface area (TPSA) is 135 Å². The van der Waals surface area contributed by atoms with Crippen LogP contribution in [0, 0.1) is 17.2 Å². The van der Waals surface area contributed by atoms with E-state index in [-0.39, 0.29) is 22.1 Å². The lowest BCUT2D eigenvalue weighted by molar-refractivity contribution is -0.150. The smallest absolute Gasteiger partial charge is 0.319 e. The summed E-state index contributed by atoms with van der Waals surface area (Å²) in [5.74, 6) is -3.98. The molecule has 0 saturated heterocycles. The highest BCUT2D eigenvalue weighted by Crippen LogP contribution is 2.43. The minimum Gasteiger partial charge on any atom is -0.496 e. The van der Waals surface area contributed by atoms with Crippen molar-refractivity contribution >= 4 is 41.0 Å². The Balaban J connectivity index is 1.91. The van der Waals surface area contributed by atoms with Gasteiger partial charge >= 0.3 is 5.97 Å². The minimum atomic E-state index is -1.31. The molecule has 1 heterocycles. The lowest BCUT2D eigenvalue weighted by atomic mass is 9.78. The molecule has 0 bridgehead atoms. The molecule has 1 aliphatic rings. The SMILES string of the molecule is COC(=O)[C@@H]1C(=O)NC(SCC(=O)Nc2cccc(C(C)=O)c2)=C(C#N)[C@@H]1c1ccccc1OC. The van der Waals surface area contributed by atoms with Crippen LogP contribution < -0.4 is 15.4 Å². The van der Waals surface area contributed by atoms with E-state index >= 15 is 0 Å². The van der Waals surface area contributed by atoms with Crippen LogP contribution in [0.1, 0.15) is 28.8 Å². The lowest BCUT2D eigenvalue weighted by Crippen LogP contribution is -2.44. The van der Waals surface area contributed by atoms with Crippen LogP contribution in [0.25, 0.3) is 0 Å². The van der Waals surface area contributed by atoms with Crippen molar-refractivity contribution in [3.05, 3.63) is 70.3 Å². The maximum absolute atomic E-state index is 12.9. The van der Waals surface area contributed by atoms with E-state index in [0.717, 1.165) is 11.8 Å². The first-order chi connectivity index (χ1) is 16.8. The number of benzene rings is 2. The summed E-state index contributed by atoms with van der Waals surface area (Å²) in [7, 11) is 2.62. The number of carbonyl (C=O) groups is 4. The third-order valence-electron chi connectivity index (χ3n) is 5.36. The van der Waals surface area contributed by atoms with Gasteiger partial charge in [-0.25, -0.2) is 0 Å². The average Bonchev–Trinajstić information content (AvgIpc) is 2.86. The maximum atomic E-state index is 12.9. The number of hydrogen-bond donors (Lipinski definition) is 2. The number of rotatable bonds is 8. The predicted octanol–water partition coefficient (Wildman–Crippen LogP) is 3.01. The van der Waals surface area contributed by atoms with Gasteiger partial charge in [0.15, 0.2) is 5.78 Å². The van der Waals surface area contributed by atoms with Crippen molar-refractivity contribution in [3.8, 4) is 11.8 Å². The molecule has 2 amide bonds. The first kappa shape index (κ1) is 25.5.